The van der Waals surface area contributed by atoms with E-state index >= 15 is 0 Å². The summed E-state index contributed by atoms with van der Waals surface area (Å²) in [5, 5.41) is 11.4. The van der Waals surface area contributed by atoms with Gasteiger partial charge in [0.15, 0.2) is 11.6 Å². The van der Waals surface area contributed by atoms with Gasteiger partial charge in [-0.15, -0.1) is 23.4 Å². The fraction of sp³-hybridized carbons (Fsp3) is 0.250. The Hall–Kier alpha value is -3.45. The molecule has 1 saturated heterocycles. The second-order valence-electron chi connectivity index (χ2n) is 7.03. The highest BCUT2D eigenvalue weighted by Crippen LogP contribution is 2.32. The van der Waals surface area contributed by atoms with Gasteiger partial charge in [0.05, 0.1) is 11.9 Å². The van der Waals surface area contributed by atoms with E-state index in [1.54, 1.807) is 30.6 Å². The molecule has 1 fully saturated rings. The van der Waals surface area contributed by atoms with E-state index in [9.17, 15) is 21.6 Å². The normalized spacial score (nSPS) is 15.3. The monoisotopic (exact) mass is 480 g/mol. The molecule has 1 N–H and O–H groups in total. The number of para-hydroxylation sites is 1. The lowest BCUT2D eigenvalue weighted by Gasteiger charge is -2.34. The van der Waals surface area contributed by atoms with Crippen molar-refractivity contribution in [2.24, 2.45) is 0 Å². The summed E-state index contributed by atoms with van der Waals surface area (Å²) in [6.45, 7) is 0.733. The second kappa shape index (κ2) is 9.19. The standard InChI is InChI=1S/C20H19F3N6O3S/c21-20(22,23)32-16-5-1-2-6-17(16)33(30,31)29-12-10-28(11-13-29)19-8-7-18(26-27-19)25-15-4-3-9-24-14-15/h1-9,14H,10-13H2,(H,25,26). The number of aromatic nitrogens is 3. The highest BCUT2D eigenvalue weighted by Gasteiger charge is 2.36. The van der Waals surface area contributed by atoms with Gasteiger partial charge in [-0.2, -0.15) is 4.31 Å². The Labute approximate surface area is 187 Å². The predicted octanol–water partition coefficient (Wildman–Crippen LogP) is 3.02. The second-order valence-corrected chi connectivity index (χ2v) is 8.94. The Morgan fingerprint density at radius 3 is 2.33 bits per heavy atom. The number of sulfonamides is 1. The molecule has 0 unspecified atom stereocenters. The minimum Gasteiger partial charge on any atom is -0.404 e. The number of alkyl halides is 3. The molecule has 13 heteroatoms. The topological polar surface area (TPSA) is 101 Å². The first kappa shape index (κ1) is 22.7. The van der Waals surface area contributed by atoms with Crippen molar-refractivity contribution in [1.82, 2.24) is 19.5 Å². The molecular weight excluding hydrogens is 461 g/mol. The van der Waals surface area contributed by atoms with E-state index in [1.165, 1.54) is 12.1 Å². The molecule has 0 aliphatic carbocycles. The van der Waals surface area contributed by atoms with Crippen LogP contribution in [-0.4, -0.2) is 60.4 Å². The Kier molecular flexibility index (Phi) is 6.33. The van der Waals surface area contributed by atoms with Crippen LogP contribution >= 0.6 is 0 Å². The van der Waals surface area contributed by atoms with Crippen LogP contribution in [0.2, 0.25) is 0 Å². The van der Waals surface area contributed by atoms with Gasteiger partial charge in [-0.1, -0.05) is 12.1 Å². The molecule has 33 heavy (non-hydrogen) atoms. The Balaban J connectivity index is 1.42. The SMILES string of the molecule is O=S(=O)(c1ccccc1OC(F)(F)F)N1CCN(c2ccc(Nc3cccnc3)nn2)CC1. The first-order valence-corrected chi connectivity index (χ1v) is 11.3. The first-order chi connectivity index (χ1) is 15.7. The van der Waals surface area contributed by atoms with Gasteiger partial charge < -0.3 is 15.0 Å². The third-order valence-electron chi connectivity index (χ3n) is 4.84. The summed E-state index contributed by atoms with van der Waals surface area (Å²) < 4.78 is 69.0. The van der Waals surface area contributed by atoms with Crippen molar-refractivity contribution in [3.05, 3.63) is 60.9 Å². The van der Waals surface area contributed by atoms with Gasteiger partial charge in [-0.25, -0.2) is 8.42 Å². The molecule has 3 aromatic rings. The van der Waals surface area contributed by atoms with Gasteiger partial charge in [-0.05, 0) is 36.4 Å². The molecule has 1 aliphatic rings. The number of pyridine rings is 1. The minimum atomic E-state index is -5.00. The van der Waals surface area contributed by atoms with E-state index in [1.807, 2.05) is 11.0 Å². The van der Waals surface area contributed by atoms with Crippen molar-refractivity contribution in [3.8, 4) is 5.75 Å². The zero-order chi connectivity index (χ0) is 23.5. The highest BCUT2D eigenvalue weighted by molar-refractivity contribution is 7.89. The quantitative estimate of drug-likeness (QED) is 0.575. The summed E-state index contributed by atoms with van der Waals surface area (Å²) in [5.41, 5.74) is 0.758. The van der Waals surface area contributed by atoms with E-state index in [0.29, 0.717) is 24.7 Å². The van der Waals surface area contributed by atoms with E-state index in [0.717, 1.165) is 22.1 Å². The molecule has 1 aliphatic heterocycles. The maximum absolute atomic E-state index is 13.0. The van der Waals surface area contributed by atoms with Crippen LogP contribution in [0.25, 0.3) is 0 Å². The van der Waals surface area contributed by atoms with Gasteiger partial charge in [0.25, 0.3) is 0 Å². The summed E-state index contributed by atoms with van der Waals surface area (Å²) in [6, 6.07) is 11.8. The molecule has 0 radical (unpaired) electrons. The number of anilines is 3. The fourth-order valence-electron chi connectivity index (χ4n) is 3.31. The number of rotatable bonds is 6. The summed E-state index contributed by atoms with van der Waals surface area (Å²) in [7, 11) is -4.18. The highest BCUT2D eigenvalue weighted by atomic mass is 32.2. The van der Waals surface area contributed by atoms with Crippen LogP contribution in [0.5, 0.6) is 5.75 Å². The zero-order valence-corrected chi connectivity index (χ0v) is 17.9. The number of halogens is 3. The van der Waals surface area contributed by atoms with Gasteiger partial charge >= 0.3 is 6.36 Å². The summed E-state index contributed by atoms with van der Waals surface area (Å²) in [5.74, 6) is 0.328. The molecule has 0 spiro atoms. The van der Waals surface area contributed by atoms with Gasteiger partial charge in [0.2, 0.25) is 10.0 Å². The average Bonchev–Trinajstić information content (AvgIpc) is 2.80. The van der Waals surface area contributed by atoms with Crippen LogP contribution in [0, 0.1) is 0 Å². The molecule has 9 nitrogen and oxygen atoms in total. The van der Waals surface area contributed by atoms with E-state index < -0.39 is 27.0 Å². The summed E-state index contributed by atoms with van der Waals surface area (Å²) >= 11 is 0. The van der Waals surface area contributed by atoms with Crippen molar-refractivity contribution >= 4 is 27.3 Å². The third kappa shape index (κ3) is 5.49. The number of nitrogens with zero attached hydrogens (tertiary/aromatic N) is 5. The van der Waals surface area contributed by atoms with Crippen LogP contribution in [0.3, 0.4) is 0 Å². The van der Waals surface area contributed by atoms with Crippen LogP contribution in [0.15, 0.2) is 65.8 Å². The van der Waals surface area contributed by atoms with Crippen molar-refractivity contribution in [1.29, 1.82) is 0 Å². The first-order valence-electron chi connectivity index (χ1n) is 9.83. The minimum absolute atomic E-state index is 0.0695. The molecule has 0 bridgehead atoms. The lowest BCUT2D eigenvalue weighted by molar-refractivity contribution is -0.275. The van der Waals surface area contributed by atoms with E-state index in [2.05, 4.69) is 25.2 Å². The van der Waals surface area contributed by atoms with Gasteiger partial charge in [0.1, 0.15) is 10.6 Å². The number of hydrogen-bond acceptors (Lipinski definition) is 8. The number of hydrogen-bond donors (Lipinski definition) is 1. The Morgan fingerprint density at radius 2 is 1.70 bits per heavy atom. The Bertz CT molecular complexity index is 1190. The molecule has 0 saturated carbocycles. The van der Waals surface area contributed by atoms with Crippen LogP contribution in [0.1, 0.15) is 0 Å². The van der Waals surface area contributed by atoms with Crippen molar-refractivity contribution in [2.75, 3.05) is 36.4 Å². The predicted molar refractivity (Wildman–Crippen MR) is 114 cm³/mol. The summed E-state index contributed by atoms with van der Waals surface area (Å²) in [6.07, 6.45) is -1.70. The number of ether oxygens (including phenoxy) is 1. The Morgan fingerprint density at radius 1 is 0.939 bits per heavy atom. The molecule has 174 valence electrons. The van der Waals surface area contributed by atoms with Crippen molar-refractivity contribution < 1.29 is 26.3 Å². The zero-order valence-electron chi connectivity index (χ0n) is 17.1. The lowest BCUT2D eigenvalue weighted by Crippen LogP contribution is -2.49. The molecule has 3 heterocycles. The number of benzene rings is 1. The fourth-order valence-corrected chi connectivity index (χ4v) is 4.85. The molecule has 1 aromatic carbocycles. The molecular formula is C20H19F3N6O3S. The van der Waals surface area contributed by atoms with Gasteiger partial charge in [-0.3, -0.25) is 4.98 Å². The van der Waals surface area contributed by atoms with Crippen LogP contribution in [-0.2, 0) is 10.0 Å². The van der Waals surface area contributed by atoms with Crippen LogP contribution in [0.4, 0.5) is 30.5 Å². The van der Waals surface area contributed by atoms with Crippen molar-refractivity contribution in [2.45, 2.75) is 11.3 Å². The maximum atomic E-state index is 13.0. The van der Waals surface area contributed by atoms with Crippen LogP contribution < -0.4 is 15.0 Å². The lowest BCUT2D eigenvalue weighted by atomic mass is 10.3. The largest absolute Gasteiger partial charge is 0.573 e. The van der Waals surface area contributed by atoms with Crippen molar-refractivity contribution in [3.63, 3.8) is 0 Å². The molecule has 4 rings (SSSR count). The smallest absolute Gasteiger partial charge is 0.404 e. The van der Waals surface area contributed by atoms with E-state index in [-0.39, 0.29) is 13.1 Å². The molecule has 0 atom stereocenters. The third-order valence-corrected chi connectivity index (χ3v) is 6.78. The molecule has 2 aromatic heterocycles. The van der Waals surface area contributed by atoms with E-state index in [4.69, 9.17) is 0 Å². The maximum Gasteiger partial charge on any atom is 0.573 e. The summed E-state index contributed by atoms with van der Waals surface area (Å²) in [4.78, 5) is 5.33. The number of nitrogens with one attached hydrogen (secondary N) is 1. The number of piperazine rings is 1. The average molecular weight is 480 g/mol. The van der Waals surface area contributed by atoms with Gasteiger partial charge in [0, 0.05) is 32.4 Å². The molecule has 0 amide bonds.